The minimum absolute atomic E-state index is 0.122. The molecule has 0 radical (unpaired) electrons. The van der Waals surface area contributed by atoms with Crippen molar-refractivity contribution in [3.8, 4) is 0 Å². The van der Waals surface area contributed by atoms with E-state index in [4.69, 9.17) is 0 Å². The Bertz CT molecular complexity index is 1120. The van der Waals surface area contributed by atoms with Gasteiger partial charge in [-0.2, -0.15) is 0 Å². The summed E-state index contributed by atoms with van der Waals surface area (Å²) in [7, 11) is 0. The number of nitrogens with one attached hydrogen (secondary N) is 2. The van der Waals surface area contributed by atoms with Crippen LogP contribution in [0.1, 0.15) is 33.0 Å². The number of hydrogen-bond donors (Lipinski definition) is 2. The molecule has 0 bridgehead atoms. The van der Waals surface area contributed by atoms with E-state index in [-0.39, 0.29) is 11.8 Å². The fourth-order valence-electron chi connectivity index (χ4n) is 3.59. The Morgan fingerprint density at radius 1 is 0.625 bits per heavy atom. The van der Waals surface area contributed by atoms with Crippen molar-refractivity contribution in [2.24, 2.45) is 0 Å². The minimum Gasteiger partial charge on any atom is -0.348 e. The Kier molecular flexibility index (Phi) is 6.73. The zero-order valence-corrected chi connectivity index (χ0v) is 17.6. The second kappa shape index (κ2) is 10.2. The lowest BCUT2D eigenvalue weighted by molar-refractivity contribution is -0.116. The van der Waals surface area contributed by atoms with Crippen molar-refractivity contribution in [1.29, 1.82) is 0 Å². The summed E-state index contributed by atoms with van der Waals surface area (Å²) in [5, 5.41) is 5.90. The van der Waals surface area contributed by atoms with Gasteiger partial charge in [0, 0.05) is 17.8 Å². The SMILES string of the molecule is O=C(NCc1ccccc1)c1ccc(NC(=O)C(c2ccccc2)c2ccccc2)cc1. The van der Waals surface area contributed by atoms with Crippen LogP contribution in [0.15, 0.2) is 115 Å². The second-order valence-electron chi connectivity index (χ2n) is 7.49. The number of hydrogen-bond acceptors (Lipinski definition) is 2. The molecule has 4 rings (SSSR count). The van der Waals surface area contributed by atoms with Gasteiger partial charge in [-0.1, -0.05) is 91.0 Å². The zero-order chi connectivity index (χ0) is 22.2. The first-order chi connectivity index (χ1) is 15.7. The van der Waals surface area contributed by atoms with Crippen LogP contribution < -0.4 is 10.6 Å². The van der Waals surface area contributed by atoms with E-state index in [1.54, 1.807) is 24.3 Å². The third-order valence-electron chi connectivity index (χ3n) is 5.24. The van der Waals surface area contributed by atoms with Crippen molar-refractivity contribution >= 4 is 17.5 Å². The molecular formula is C28H24N2O2. The van der Waals surface area contributed by atoms with Crippen molar-refractivity contribution in [1.82, 2.24) is 5.32 Å². The van der Waals surface area contributed by atoms with Crippen LogP contribution in [0.3, 0.4) is 0 Å². The Balaban J connectivity index is 1.44. The highest BCUT2D eigenvalue weighted by Gasteiger charge is 2.22. The molecule has 158 valence electrons. The van der Waals surface area contributed by atoms with Crippen molar-refractivity contribution in [3.05, 3.63) is 138 Å². The Hall–Kier alpha value is -4.18. The van der Waals surface area contributed by atoms with Crippen LogP contribution in [0, 0.1) is 0 Å². The Labute approximate surface area is 187 Å². The van der Waals surface area contributed by atoms with Gasteiger partial charge in [0.1, 0.15) is 0 Å². The molecule has 0 aliphatic heterocycles. The molecule has 32 heavy (non-hydrogen) atoms. The molecule has 2 amide bonds. The van der Waals surface area contributed by atoms with Gasteiger partial charge in [0.15, 0.2) is 0 Å². The molecule has 0 aliphatic rings. The van der Waals surface area contributed by atoms with Gasteiger partial charge in [0.25, 0.3) is 5.91 Å². The van der Waals surface area contributed by atoms with E-state index in [9.17, 15) is 9.59 Å². The molecule has 0 heterocycles. The predicted molar refractivity (Wildman–Crippen MR) is 127 cm³/mol. The van der Waals surface area contributed by atoms with Crippen LogP contribution in [0.4, 0.5) is 5.69 Å². The van der Waals surface area contributed by atoms with Gasteiger partial charge >= 0.3 is 0 Å². The standard InChI is InChI=1S/C28H24N2O2/c31-27(29-20-21-10-4-1-5-11-21)24-16-18-25(19-17-24)30-28(32)26(22-12-6-2-7-13-22)23-14-8-3-9-15-23/h1-19,26H,20H2,(H,29,31)(H,30,32). The fraction of sp³-hybridized carbons (Fsp3) is 0.0714. The molecule has 0 unspecified atom stereocenters. The molecule has 0 saturated heterocycles. The first-order valence-corrected chi connectivity index (χ1v) is 10.5. The van der Waals surface area contributed by atoms with Crippen LogP contribution in [0.2, 0.25) is 0 Å². The number of amides is 2. The summed E-state index contributed by atoms with van der Waals surface area (Å²) in [6, 6.07) is 36.1. The molecule has 0 aromatic heterocycles. The summed E-state index contributed by atoms with van der Waals surface area (Å²) in [6.45, 7) is 0.466. The average Bonchev–Trinajstić information content (AvgIpc) is 2.85. The van der Waals surface area contributed by atoms with Gasteiger partial charge in [0.05, 0.1) is 5.92 Å². The maximum absolute atomic E-state index is 13.2. The topological polar surface area (TPSA) is 58.2 Å². The van der Waals surface area contributed by atoms with Gasteiger partial charge in [-0.15, -0.1) is 0 Å². The van der Waals surface area contributed by atoms with Gasteiger partial charge in [-0.3, -0.25) is 9.59 Å². The van der Waals surface area contributed by atoms with Crippen molar-refractivity contribution in [2.75, 3.05) is 5.32 Å². The van der Waals surface area contributed by atoms with Crippen molar-refractivity contribution in [2.45, 2.75) is 12.5 Å². The third kappa shape index (κ3) is 5.29. The van der Waals surface area contributed by atoms with Gasteiger partial charge in [0.2, 0.25) is 5.91 Å². The van der Waals surface area contributed by atoms with Gasteiger partial charge in [-0.25, -0.2) is 0 Å². The highest BCUT2D eigenvalue weighted by atomic mass is 16.2. The van der Waals surface area contributed by atoms with Crippen LogP contribution in [0.5, 0.6) is 0 Å². The van der Waals surface area contributed by atoms with Gasteiger partial charge in [-0.05, 0) is 41.0 Å². The van der Waals surface area contributed by atoms with Crippen LogP contribution in [0.25, 0.3) is 0 Å². The summed E-state index contributed by atoms with van der Waals surface area (Å²) >= 11 is 0. The number of benzene rings is 4. The van der Waals surface area contributed by atoms with Crippen molar-refractivity contribution in [3.63, 3.8) is 0 Å². The molecule has 0 aliphatic carbocycles. The number of carbonyl (C=O) groups excluding carboxylic acids is 2. The smallest absolute Gasteiger partial charge is 0.251 e. The third-order valence-corrected chi connectivity index (χ3v) is 5.24. The normalized spacial score (nSPS) is 10.5. The molecular weight excluding hydrogens is 396 g/mol. The largest absolute Gasteiger partial charge is 0.348 e. The van der Waals surface area contributed by atoms with E-state index in [1.165, 1.54) is 0 Å². The van der Waals surface area contributed by atoms with E-state index in [2.05, 4.69) is 10.6 Å². The maximum Gasteiger partial charge on any atom is 0.251 e. The van der Waals surface area contributed by atoms with E-state index in [0.29, 0.717) is 17.8 Å². The molecule has 0 atom stereocenters. The van der Waals surface area contributed by atoms with E-state index in [1.807, 2.05) is 91.0 Å². The van der Waals surface area contributed by atoms with E-state index in [0.717, 1.165) is 16.7 Å². The first kappa shape index (κ1) is 21.1. The van der Waals surface area contributed by atoms with E-state index < -0.39 is 5.92 Å². The van der Waals surface area contributed by atoms with Gasteiger partial charge < -0.3 is 10.6 Å². The monoisotopic (exact) mass is 420 g/mol. The lowest BCUT2D eigenvalue weighted by Crippen LogP contribution is -2.23. The Morgan fingerprint density at radius 2 is 1.12 bits per heavy atom. The quantitative estimate of drug-likeness (QED) is 0.421. The average molecular weight is 421 g/mol. The summed E-state index contributed by atoms with van der Waals surface area (Å²) in [6.07, 6.45) is 0. The zero-order valence-electron chi connectivity index (χ0n) is 17.6. The highest BCUT2D eigenvalue weighted by Crippen LogP contribution is 2.26. The fourth-order valence-corrected chi connectivity index (χ4v) is 3.59. The van der Waals surface area contributed by atoms with E-state index >= 15 is 0 Å². The maximum atomic E-state index is 13.2. The number of carbonyl (C=O) groups is 2. The summed E-state index contributed by atoms with van der Waals surface area (Å²) in [5.74, 6) is -0.701. The summed E-state index contributed by atoms with van der Waals surface area (Å²) in [5.41, 5.74) is 4.08. The first-order valence-electron chi connectivity index (χ1n) is 10.5. The van der Waals surface area contributed by atoms with Crippen LogP contribution in [-0.2, 0) is 11.3 Å². The second-order valence-corrected chi connectivity index (χ2v) is 7.49. The minimum atomic E-state index is -0.425. The highest BCUT2D eigenvalue weighted by molar-refractivity contribution is 5.99. The molecule has 4 aromatic rings. The summed E-state index contributed by atoms with van der Waals surface area (Å²) < 4.78 is 0. The molecule has 2 N–H and O–H groups in total. The lowest BCUT2D eigenvalue weighted by atomic mass is 9.90. The summed E-state index contributed by atoms with van der Waals surface area (Å²) in [4.78, 5) is 25.6. The van der Waals surface area contributed by atoms with Crippen LogP contribution >= 0.6 is 0 Å². The van der Waals surface area contributed by atoms with Crippen LogP contribution in [-0.4, -0.2) is 11.8 Å². The molecule has 4 nitrogen and oxygen atoms in total. The lowest BCUT2D eigenvalue weighted by Gasteiger charge is -2.18. The predicted octanol–water partition coefficient (Wildman–Crippen LogP) is 5.39. The number of rotatable bonds is 7. The van der Waals surface area contributed by atoms with Crippen molar-refractivity contribution < 1.29 is 9.59 Å². The molecule has 0 spiro atoms. The molecule has 4 heteroatoms. The number of anilines is 1. The Morgan fingerprint density at radius 3 is 1.66 bits per heavy atom. The molecule has 4 aromatic carbocycles. The molecule has 0 saturated carbocycles. The molecule has 0 fully saturated rings.